The van der Waals surface area contributed by atoms with E-state index in [-0.39, 0.29) is 12.5 Å². The van der Waals surface area contributed by atoms with Crippen LogP contribution in [0.5, 0.6) is 0 Å². The maximum Gasteiger partial charge on any atom is 0.331 e. The van der Waals surface area contributed by atoms with Crippen LogP contribution in [0.1, 0.15) is 12.7 Å². The molecule has 0 fully saturated rings. The first-order valence-electron chi connectivity index (χ1n) is 4.87. The fraction of sp³-hybridized carbons (Fsp3) is 0.273. The summed E-state index contributed by atoms with van der Waals surface area (Å²) in [6, 6.07) is 3.41. The van der Waals surface area contributed by atoms with Crippen LogP contribution in [0.15, 0.2) is 28.9 Å². The Morgan fingerprint density at radius 3 is 3.00 bits per heavy atom. The van der Waals surface area contributed by atoms with Gasteiger partial charge in [0.15, 0.2) is 6.61 Å². The minimum absolute atomic E-state index is 0.269. The van der Waals surface area contributed by atoms with Crippen molar-refractivity contribution in [2.24, 2.45) is 0 Å². The molecular formula is C11H13NO4. The van der Waals surface area contributed by atoms with Crippen molar-refractivity contribution in [2.45, 2.75) is 6.92 Å². The second-order valence-electron chi connectivity index (χ2n) is 2.91. The van der Waals surface area contributed by atoms with Gasteiger partial charge in [0.2, 0.25) is 0 Å². The first-order valence-corrected chi connectivity index (χ1v) is 4.87. The molecule has 0 aliphatic heterocycles. The number of ether oxygens (including phenoxy) is 1. The van der Waals surface area contributed by atoms with Gasteiger partial charge in [0.1, 0.15) is 5.76 Å². The number of rotatable bonds is 5. The summed E-state index contributed by atoms with van der Waals surface area (Å²) in [7, 11) is 0. The number of furan rings is 1. The van der Waals surface area contributed by atoms with Crippen LogP contribution >= 0.6 is 0 Å². The van der Waals surface area contributed by atoms with Crippen LogP contribution in [0.4, 0.5) is 0 Å². The fourth-order valence-electron chi connectivity index (χ4n) is 0.969. The molecule has 0 aliphatic carbocycles. The molecule has 0 bridgehead atoms. The van der Waals surface area contributed by atoms with Gasteiger partial charge in [0.05, 0.1) is 6.26 Å². The van der Waals surface area contributed by atoms with Gasteiger partial charge in [-0.3, -0.25) is 4.79 Å². The summed E-state index contributed by atoms with van der Waals surface area (Å²) in [6.45, 7) is 2.03. The quantitative estimate of drug-likeness (QED) is 0.596. The van der Waals surface area contributed by atoms with E-state index >= 15 is 0 Å². The molecule has 0 unspecified atom stereocenters. The van der Waals surface area contributed by atoms with E-state index in [1.165, 1.54) is 18.4 Å². The monoisotopic (exact) mass is 223 g/mol. The van der Waals surface area contributed by atoms with Crippen LogP contribution in [0, 0.1) is 0 Å². The molecule has 1 amide bonds. The molecule has 1 aromatic rings. The highest BCUT2D eigenvalue weighted by Gasteiger charge is 2.03. The van der Waals surface area contributed by atoms with Crippen molar-refractivity contribution in [2.75, 3.05) is 13.2 Å². The largest absolute Gasteiger partial charge is 0.465 e. The summed E-state index contributed by atoms with van der Waals surface area (Å²) in [4.78, 5) is 22.1. The molecule has 16 heavy (non-hydrogen) atoms. The first kappa shape index (κ1) is 12.0. The van der Waals surface area contributed by atoms with E-state index in [2.05, 4.69) is 10.1 Å². The van der Waals surface area contributed by atoms with Crippen LogP contribution in [0.25, 0.3) is 6.08 Å². The lowest BCUT2D eigenvalue weighted by Crippen LogP contribution is -2.28. The molecule has 86 valence electrons. The average molecular weight is 223 g/mol. The molecule has 0 aromatic carbocycles. The van der Waals surface area contributed by atoms with Crippen LogP contribution in [0.2, 0.25) is 0 Å². The average Bonchev–Trinajstić information content (AvgIpc) is 2.77. The summed E-state index contributed by atoms with van der Waals surface area (Å²) in [5.74, 6) is -0.347. The second-order valence-corrected chi connectivity index (χ2v) is 2.91. The van der Waals surface area contributed by atoms with Gasteiger partial charge >= 0.3 is 5.97 Å². The summed E-state index contributed by atoms with van der Waals surface area (Å²) in [6.07, 6.45) is 4.18. The summed E-state index contributed by atoms with van der Waals surface area (Å²) < 4.78 is 9.65. The van der Waals surface area contributed by atoms with Gasteiger partial charge in [-0.15, -0.1) is 0 Å². The van der Waals surface area contributed by atoms with E-state index in [4.69, 9.17) is 4.42 Å². The topological polar surface area (TPSA) is 68.5 Å². The van der Waals surface area contributed by atoms with Crippen LogP contribution in [0.3, 0.4) is 0 Å². The zero-order valence-corrected chi connectivity index (χ0v) is 8.93. The van der Waals surface area contributed by atoms with Crippen LogP contribution in [-0.2, 0) is 14.3 Å². The number of hydrogen-bond donors (Lipinski definition) is 1. The van der Waals surface area contributed by atoms with Gasteiger partial charge in [0.25, 0.3) is 5.91 Å². The summed E-state index contributed by atoms with van der Waals surface area (Å²) >= 11 is 0. The zero-order valence-electron chi connectivity index (χ0n) is 8.93. The number of amides is 1. The van der Waals surface area contributed by atoms with Gasteiger partial charge in [-0.05, 0) is 25.1 Å². The number of nitrogens with one attached hydrogen (secondary N) is 1. The minimum Gasteiger partial charge on any atom is -0.465 e. The molecule has 1 aromatic heterocycles. The number of hydrogen-bond acceptors (Lipinski definition) is 4. The van der Waals surface area contributed by atoms with Gasteiger partial charge in [-0.1, -0.05) is 0 Å². The lowest BCUT2D eigenvalue weighted by atomic mass is 10.4. The maximum atomic E-state index is 11.1. The van der Waals surface area contributed by atoms with Crippen LogP contribution < -0.4 is 5.32 Å². The molecule has 0 spiro atoms. The Morgan fingerprint density at radius 2 is 2.38 bits per heavy atom. The Labute approximate surface area is 93.1 Å². The van der Waals surface area contributed by atoms with E-state index in [9.17, 15) is 9.59 Å². The van der Waals surface area contributed by atoms with E-state index in [1.807, 2.05) is 0 Å². The van der Waals surface area contributed by atoms with Crippen molar-refractivity contribution in [3.8, 4) is 0 Å². The zero-order chi connectivity index (χ0) is 11.8. The molecule has 0 aliphatic rings. The third-order valence-corrected chi connectivity index (χ3v) is 1.65. The van der Waals surface area contributed by atoms with Crippen LogP contribution in [-0.4, -0.2) is 25.0 Å². The maximum absolute atomic E-state index is 11.1. The lowest BCUT2D eigenvalue weighted by Gasteiger charge is -2.01. The van der Waals surface area contributed by atoms with Gasteiger partial charge in [-0.25, -0.2) is 4.79 Å². The van der Waals surface area contributed by atoms with E-state index < -0.39 is 5.97 Å². The Bertz CT molecular complexity index is 367. The van der Waals surface area contributed by atoms with E-state index in [1.54, 1.807) is 19.1 Å². The van der Waals surface area contributed by atoms with Gasteiger partial charge in [0, 0.05) is 12.6 Å². The SMILES string of the molecule is CCNC(=O)COC(=O)/C=C/c1ccco1. The molecule has 1 heterocycles. The number of carbonyl (C=O) groups is 2. The number of esters is 1. The predicted octanol–water partition coefficient (Wildman–Crippen LogP) is 0.972. The molecule has 0 atom stereocenters. The highest BCUT2D eigenvalue weighted by atomic mass is 16.5. The van der Waals surface area contributed by atoms with Crippen molar-refractivity contribution in [3.63, 3.8) is 0 Å². The standard InChI is InChI=1S/C11H13NO4/c1-2-12-10(13)8-16-11(14)6-5-9-4-3-7-15-9/h3-7H,2,8H2,1H3,(H,12,13)/b6-5+. The van der Waals surface area contributed by atoms with E-state index in [0.29, 0.717) is 12.3 Å². The second kappa shape index (κ2) is 6.44. The molecule has 0 saturated carbocycles. The van der Waals surface area contributed by atoms with Crippen molar-refractivity contribution < 1.29 is 18.7 Å². The highest BCUT2D eigenvalue weighted by Crippen LogP contribution is 2.02. The van der Waals surface area contributed by atoms with Crippen molar-refractivity contribution in [1.29, 1.82) is 0 Å². The molecule has 5 nitrogen and oxygen atoms in total. The molecule has 0 radical (unpaired) electrons. The van der Waals surface area contributed by atoms with Crippen molar-refractivity contribution in [3.05, 3.63) is 30.2 Å². The molecule has 5 heteroatoms. The van der Waals surface area contributed by atoms with Gasteiger partial charge in [-0.2, -0.15) is 0 Å². The lowest BCUT2D eigenvalue weighted by molar-refractivity contribution is -0.143. The number of likely N-dealkylation sites (N-methyl/N-ethyl adjacent to an activating group) is 1. The third kappa shape index (κ3) is 4.45. The third-order valence-electron chi connectivity index (χ3n) is 1.65. The van der Waals surface area contributed by atoms with Crippen molar-refractivity contribution >= 4 is 18.0 Å². The molecular weight excluding hydrogens is 210 g/mol. The molecule has 1 rings (SSSR count). The van der Waals surface area contributed by atoms with Crippen molar-refractivity contribution in [1.82, 2.24) is 5.32 Å². The Morgan fingerprint density at radius 1 is 1.56 bits per heavy atom. The van der Waals surface area contributed by atoms with E-state index in [0.717, 1.165) is 0 Å². The number of carbonyl (C=O) groups excluding carboxylic acids is 2. The Balaban J connectivity index is 2.28. The first-order chi connectivity index (χ1) is 7.72. The minimum atomic E-state index is -0.581. The smallest absolute Gasteiger partial charge is 0.331 e. The normalized spacial score (nSPS) is 10.3. The predicted molar refractivity (Wildman–Crippen MR) is 57.4 cm³/mol. The van der Waals surface area contributed by atoms with Gasteiger partial charge < -0.3 is 14.5 Å². The molecule has 1 N–H and O–H groups in total. The molecule has 0 saturated heterocycles. The Hall–Kier alpha value is -2.04. The highest BCUT2D eigenvalue weighted by molar-refractivity contribution is 5.88. The summed E-state index contributed by atoms with van der Waals surface area (Å²) in [5.41, 5.74) is 0. The Kier molecular flexibility index (Phi) is 4.85. The fourth-order valence-corrected chi connectivity index (χ4v) is 0.969. The summed E-state index contributed by atoms with van der Waals surface area (Å²) in [5, 5.41) is 2.51.